The first-order valence-electron chi connectivity index (χ1n) is 8.27. The Bertz CT molecular complexity index is 743. The van der Waals surface area contributed by atoms with Gasteiger partial charge < -0.3 is 10.2 Å². The van der Waals surface area contributed by atoms with E-state index in [-0.39, 0.29) is 11.7 Å². The Labute approximate surface area is 155 Å². The highest BCUT2D eigenvalue weighted by Gasteiger charge is 2.14. The van der Waals surface area contributed by atoms with Gasteiger partial charge in [-0.2, -0.15) is 0 Å². The smallest absolute Gasteiger partial charge is 0.255 e. The summed E-state index contributed by atoms with van der Waals surface area (Å²) in [5, 5.41) is 2.78. The predicted octanol–water partition coefficient (Wildman–Crippen LogP) is 3.59. The van der Waals surface area contributed by atoms with E-state index >= 15 is 0 Å². The second-order valence-corrected chi connectivity index (χ2v) is 7.21. The molecule has 1 N–H and O–H groups in total. The molecule has 2 aromatic rings. The molecule has 0 aromatic heterocycles. The van der Waals surface area contributed by atoms with Gasteiger partial charge in [-0.15, -0.1) is 0 Å². The van der Waals surface area contributed by atoms with Gasteiger partial charge in [0.1, 0.15) is 5.82 Å². The lowest BCUT2D eigenvalue weighted by Gasteiger charge is -2.32. The molecule has 1 saturated heterocycles. The quantitative estimate of drug-likeness (QED) is 0.843. The summed E-state index contributed by atoms with van der Waals surface area (Å²) in [4.78, 5) is 17.1. The second kappa shape index (κ2) is 8.08. The van der Waals surface area contributed by atoms with E-state index < -0.39 is 0 Å². The molecule has 132 valence electrons. The molecule has 0 unspecified atom stereocenters. The topological polar surface area (TPSA) is 35.6 Å². The lowest BCUT2D eigenvalue weighted by molar-refractivity contribution is 0.102. The maximum Gasteiger partial charge on any atom is 0.255 e. The lowest BCUT2D eigenvalue weighted by atomic mass is 10.1. The fourth-order valence-electron chi connectivity index (χ4n) is 2.80. The number of nitrogens with one attached hydrogen (secondary N) is 1. The van der Waals surface area contributed by atoms with Gasteiger partial charge in [0, 0.05) is 44.0 Å². The average molecular weight is 406 g/mol. The average Bonchev–Trinajstić information content (AvgIpc) is 2.61. The summed E-state index contributed by atoms with van der Waals surface area (Å²) in [5.41, 5.74) is 2.34. The minimum absolute atomic E-state index is 0.204. The fraction of sp³-hybridized carbons (Fsp3) is 0.316. The number of hydrogen-bond donors (Lipinski definition) is 1. The molecule has 0 aliphatic carbocycles. The first-order chi connectivity index (χ1) is 12.0. The Morgan fingerprint density at radius 2 is 1.80 bits per heavy atom. The van der Waals surface area contributed by atoms with Crippen molar-refractivity contribution in [1.29, 1.82) is 0 Å². The van der Waals surface area contributed by atoms with Crippen molar-refractivity contribution in [2.24, 2.45) is 0 Å². The molecular formula is C19H21BrFN3O. The molecule has 2 aromatic carbocycles. The minimum atomic E-state index is -0.355. The zero-order valence-corrected chi connectivity index (χ0v) is 15.7. The Hall–Kier alpha value is -1.76. The minimum Gasteiger partial charge on any atom is -0.322 e. The van der Waals surface area contributed by atoms with Gasteiger partial charge in [-0.1, -0.05) is 12.1 Å². The molecule has 4 nitrogen and oxygen atoms in total. The number of likely N-dealkylation sites (N-methyl/N-ethyl adjacent to an activating group) is 1. The standard InChI is InChI=1S/C19H21BrFN3O/c1-23-8-10-24(11-9-23)13-14-2-4-15(5-3-14)19(25)22-16-6-7-18(21)17(20)12-16/h2-7,12H,8-11,13H2,1H3,(H,22,25). The van der Waals surface area contributed by atoms with Gasteiger partial charge in [-0.05, 0) is 58.9 Å². The van der Waals surface area contributed by atoms with Gasteiger partial charge in [-0.25, -0.2) is 4.39 Å². The molecular weight excluding hydrogens is 385 g/mol. The van der Waals surface area contributed by atoms with Crippen molar-refractivity contribution >= 4 is 27.5 Å². The number of anilines is 1. The van der Waals surface area contributed by atoms with E-state index in [1.54, 1.807) is 12.1 Å². The molecule has 6 heteroatoms. The van der Waals surface area contributed by atoms with Crippen molar-refractivity contribution in [3.63, 3.8) is 0 Å². The highest BCUT2D eigenvalue weighted by Crippen LogP contribution is 2.20. The molecule has 0 atom stereocenters. The molecule has 25 heavy (non-hydrogen) atoms. The van der Waals surface area contributed by atoms with Gasteiger partial charge in [0.25, 0.3) is 5.91 Å². The Balaban J connectivity index is 1.59. The van der Waals surface area contributed by atoms with E-state index in [0.29, 0.717) is 15.7 Å². The van der Waals surface area contributed by atoms with Crippen LogP contribution in [0.2, 0.25) is 0 Å². The summed E-state index contributed by atoms with van der Waals surface area (Å²) in [6.45, 7) is 5.22. The van der Waals surface area contributed by atoms with Gasteiger partial charge in [0.15, 0.2) is 0 Å². The molecule has 1 aliphatic rings. The monoisotopic (exact) mass is 405 g/mol. The molecule has 1 aliphatic heterocycles. The number of benzene rings is 2. The summed E-state index contributed by atoms with van der Waals surface area (Å²) in [5.74, 6) is -0.559. The number of piperazine rings is 1. The van der Waals surface area contributed by atoms with E-state index in [9.17, 15) is 9.18 Å². The number of rotatable bonds is 4. The largest absolute Gasteiger partial charge is 0.322 e. The third kappa shape index (κ3) is 4.87. The Morgan fingerprint density at radius 3 is 2.44 bits per heavy atom. The van der Waals surface area contributed by atoms with Crippen LogP contribution in [0, 0.1) is 5.82 Å². The summed E-state index contributed by atoms with van der Waals surface area (Å²) in [6, 6.07) is 12.1. The molecule has 0 spiro atoms. The van der Waals surface area contributed by atoms with Crippen LogP contribution >= 0.6 is 15.9 Å². The maximum absolute atomic E-state index is 13.3. The normalized spacial score (nSPS) is 16.0. The third-order valence-corrected chi connectivity index (χ3v) is 5.00. The summed E-state index contributed by atoms with van der Waals surface area (Å²) >= 11 is 3.12. The first kappa shape index (κ1) is 18.0. The Kier molecular flexibility index (Phi) is 5.83. The summed E-state index contributed by atoms with van der Waals surface area (Å²) in [7, 11) is 2.14. The van der Waals surface area contributed by atoms with E-state index in [4.69, 9.17) is 0 Å². The SMILES string of the molecule is CN1CCN(Cc2ccc(C(=O)Nc3ccc(F)c(Br)c3)cc2)CC1. The highest BCUT2D eigenvalue weighted by molar-refractivity contribution is 9.10. The van der Waals surface area contributed by atoms with Gasteiger partial charge >= 0.3 is 0 Å². The fourth-order valence-corrected chi connectivity index (χ4v) is 3.18. The third-order valence-electron chi connectivity index (χ3n) is 4.40. The number of halogens is 2. The van der Waals surface area contributed by atoms with Crippen LogP contribution in [0.4, 0.5) is 10.1 Å². The second-order valence-electron chi connectivity index (χ2n) is 6.36. The number of amides is 1. The highest BCUT2D eigenvalue weighted by atomic mass is 79.9. The number of carbonyl (C=O) groups excluding carboxylic acids is 1. The molecule has 1 fully saturated rings. The molecule has 3 rings (SSSR count). The van der Waals surface area contributed by atoms with Crippen molar-refractivity contribution in [3.05, 3.63) is 63.9 Å². The lowest BCUT2D eigenvalue weighted by Crippen LogP contribution is -2.43. The van der Waals surface area contributed by atoms with Crippen LogP contribution in [0.3, 0.4) is 0 Å². The van der Waals surface area contributed by atoms with E-state index in [1.807, 2.05) is 24.3 Å². The molecule has 1 amide bonds. The van der Waals surface area contributed by atoms with E-state index in [1.165, 1.54) is 11.6 Å². The van der Waals surface area contributed by atoms with Crippen molar-refractivity contribution in [3.8, 4) is 0 Å². The molecule has 0 bridgehead atoms. The van der Waals surface area contributed by atoms with Crippen molar-refractivity contribution < 1.29 is 9.18 Å². The van der Waals surface area contributed by atoms with Crippen LogP contribution in [0.1, 0.15) is 15.9 Å². The summed E-state index contributed by atoms with van der Waals surface area (Å²) in [6.07, 6.45) is 0. The molecule has 1 heterocycles. The van der Waals surface area contributed by atoms with E-state index in [0.717, 1.165) is 32.7 Å². The number of hydrogen-bond acceptors (Lipinski definition) is 3. The first-order valence-corrected chi connectivity index (χ1v) is 9.07. The van der Waals surface area contributed by atoms with E-state index in [2.05, 4.69) is 38.1 Å². The van der Waals surface area contributed by atoms with Crippen molar-refractivity contribution in [1.82, 2.24) is 9.80 Å². The van der Waals surface area contributed by atoms with Gasteiger partial charge in [-0.3, -0.25) is 9.69 Å². The van der Waals surface area contributed by atoms with Crippen LogP contribution in [0.25, 0.3) is 0 Å². The number of nitrogens with zero attached hydrogens (tertiary/aromatic N) is 2. The van der Waals surface area contributed by atoms with Crippen molar-refractivity contribution in [2.75, 3.05) is 38.5 Å². The van der Waals surface area contributed by atoms with Crippen molar-refractivity contribution in [2.45, 2.75) is 6.54 Å². The maximum atomic E-state index is 13.3. The molecule has 0 saturated carbocycles. The van der Waals surface area contributed by atoms with Crippen LogP contribution in [-0.2, 0) is 6.54 Å². The van der Waals surface area contributed by atoms with Crippen LogP contribution in [0.15, 0.2) is 46.9 Å². The zero-order valence-electron chi connectivity index (χ0n) is 14.1. The van der Waals surface area contributed by atoms with Gasteiger partial charge in [0.2, 0.25) is 0 Å². The van der Waals surface area contributed by atoms with Crippen LogP contribution in [0.5, 0.6) is 0 Å². The van der Waals surface area contributed by atoms with Crippen LogP contribution < -0.4 is 5.32 Å². The Morgan fingerprint density at radius 1 is 1.12 bits per heavy atom. The molecule has 0 radical (unpaired) electrons. The van der Waals surface area contributed by atoms with Crippen LogP contribution in [-0.4, -0.2) is 48.9 Å². The predicted molar refractivity (Wildman–Crippen MR) is 101 cm³/mol. The zero-order chi connectivity index (χ0) is 17.8. The summed E-state index contributed by atoms with van der Waals surface area (Å²) < 4.78 is 13.6. The van der Waals surface area contributed by atoms with Gasteiger partial charge in [0.05, 0.1) is 4.47 Å². The number of carbonyl (C=O) groups is 1.